The average molecular weight is 369 g/mol. The van der Waals surface area contributed by atoms with Gasteiger partial charge in [0.1, 0.15) is 11.5 Å². The molecule has 0 bridgehead atoms. The number of ether oxygens (including phenoxy) is 2. The van der Waals surface area contributed by atoms with Crippen LogP contribution in [0.4, 0.5) is 11.4 Å². The Morgan fingerprint density at radius 2 is 1.78 bits per heavy atom. The molecule has 0 atom stereocenters. The number of carbonyl (C=O) groups excluding carboxylic acids is 3. The molecule has 1 fully saturated rings. The van der Waals surface area contributed by atoms with Gasteiger partial charge in [-0.25, -0.2) is 5.01 Å². The van der Waals surface area contributed by atoms with Gasteiger partial charge in [-0.3, -0.25) is 19.8 Å². The number of benzene rings is 2. The van der Waals surface area contributed by atoms with Crippen molar-refractivity contribution in [3.63, 3.8) is 0 Å². The number of nitrogens with one attached hydrogen (secondary N) is 2. The summed E-state index contributed by atoms with van der Waals surface area (Å²) >= 11 is 0. The number of hydrogen-bond acceptors (Lipinski definition) is 5. The fourth-order valence-corrected chi connectivity index (χ4v) is 2.64. The summed E-state index contributed by atoms with van der Waals surface area (Å²) in [4.78, 5) is 35.9. The second-order valence-corrected chi connectivity index (χ2v) is 5.83. The van der Waals surface area contributed by atoms with E-state index < -0.39 is 0 Å². The lowest BCUT2D eigenvalue weighted by Gasteiger charge is -2.27. The molecule has 1 aliphatic rings. The van der Waals surface area contributed by atoms with Gasteiger partial charge in [-0.1, -0.05) is 0 Å². The van der Waals surface area contributed by atoms with Crippen LogP contribution in [0, 0.1) is 0 Å². The van der Waals surface area contributed by atoms with Crippen molar-refractivity contribution in [3.05, 3.63) is 48.0 Å². The third-order valence-electron chi connectivity index (χ3n) is 4.10. The highest BCUT2D eigenvalue weighted by Crippen LogP contribution is 2.29. The van der Waals surface area contributed by atoms with Crippen LogP contribution < -0.4 is 25.2 Å². The normalized spacial score (nSPS) is 13.8. The molecular formula is C19H19N3O5. The van der Waals surface area contributed by atoms with Crippen molar-refractivity contribution in [2.75, 3.05) is 24.5 Å². The van der Waals surface area contributed by atoms with E-state index in [0.29, 0.717) is 28.4 Å². The molecule has 0 saturated carbocycles. The molecule has 3 rings (SSSR count). The smallest absolute Gasteiger partial charge is 0.255 e. The SMILES string of the molecule is COc1ccc(NC(=O)c2ccc(N3NC(=O)CCC3=O)cc2)c(OC)c1. The number of amides is 3. The van der Waals surface area contributed by atoms with E-state index >= 15 is 0 Å². The maximum atomic E-state index is 12.5. The Kier molecular flexibility index (Phi) is 5.25. The van der Waals surface area contributed by atoms with Gasteiger partial charge in [-0.15, -0.1) is 0 Å². The summed E-state index contributed by atoms with van der Waals surface area (Å²) in [5.41, 5.74) is 3.91. The molecule has 8 nitrogen and oxygen atoms in total. The van der Waals surface area contributed by atoms with Crippen LogP contribution in [0.25, 0.3) is 0 Å². The monoisotopic (exact) mass is 369 g/mol. The van der Waals surface area contributed by atoms with Gasteiger partial charge in [-0.05, 0) is 36.4 Å². The van der Waals surface area contributed by atoms with Gasteiger partial charge in [0, 0.05) is 24.5 Å². The largest absolute Gasteiger partial charge is 0.497 e. The number of methoxy groups -OCH3 is 2. The number of rotatable bonds is 5. The first-order chi connectivity index (χ1) is 13.0. The van der Waals surface area contributed by atoms with E-state index in [-0.39, 0.29) is 30.6 Å². The van der Waals surface area contributed by atoms with Crippen molar-refractivity contribution < 1.29 is 23.9 Å². The maximum Gasteiger partial charge on any atom is 0.255 e. The van der Waals surface area contributed by atoms with Crippen molar-refractivity contribution in [2.24, 2.45) is 0 Å². The molecule has 1 saturated heterocycles. The maximum absolute atomic E-state index is 12.5. The molecule has 0 spiro atoms. The zero-order valence-corrected chi connectivity index (χ0v) is 14.9. The Labute approximate surface area is 156 Å². The number of anilines is 2. The van der Waals surface area contributed by atoms with Gasteiger partial charge in [0.05, 0.1) is 25.6 Å². The lowest BCUT2D eigenvalue weighted by Crippen LogP contribution is -2.50. The van der Waals surface area contributed by atoms with Gasteiger partial charge in [0.15, 0.2) is 0 Å². The van der Waals surface area contributed by atoms with Crippen molar-refractivity contribution in [3.8, 4) is 11.5 Å². The summed E-state index contributed by atoms with van der Waals surface area (Å²) < 4.78 is 10.4. The van der Waals surface area contributed by atoms with E-state index in [9.17, 15) is 14.4 Å². The number of carbonyl (C=O) groups is 3. The summed E-state index contributed by atoms with van der Waals surface area (Å²) in [7, 11) is 3.05. The predicted octanol–water partition coefficient (Wildman–Crippen LogP) is 2.11. The van der Waals surface area contributed by atoms with Crippen molar-refractivity contribution >= 4 is 29.1 Å². The molecule has 140 valence electrons. The van der Waals surface area contributed by atoms with Gasteiger partial charge in [0.25, 0.3) is 5.91 Å². The van der Waals surface area contributed by atoms with Crippen LogP contribution in [0.1, 0.15) is 23.2 Å². The molecule has 2 N–H and O–H groups in total. The molecule has 3 amide bonds. The van der Waals surface area contributed by atoms with Crippen LogP contribution in [0.3, 0.4) is 0 Å². The minimum Gasteiger partial charge on any atom is -0.497 e. The first-order valence-corrected chi connectivity index (χ1v) is 8.27. The second-order valence-electron chi connectivity index (χ2n) is 5.83. The zero-order chi connectivity index (χ0) is 19.4. The molecule has 2 aromatic carbocycles. The van der Waals surface area contributed by atoms with Gasteiger partial charge in [-0.2, -0.15) is 0 Å². The molecular weight excluding hydrogens is 350 g/mol. The lowest BCUT2D eigenvalue weighted by molar-refractivity contribution is -0.130. The highest BCUT2D eigenvalue weighted by atomic mass is 16.5. The standard InChI is InChI=1S/C19H19N3O5/c1-26-14-7-8-15(16(11-14)27-2)20-19(25)12-3-5-13(6-4-12)22-18(24)10-9-17(23)21-22/h3-8,11H,9-10H2,1-2H3,(H,20,25)(H,21,23). The predicted molar refractivity (Wildman–Crippen MR) is 98.8 cm³/mol. The molecule has 0 radical (unpaired) electrons. The van der Waals surface area contributed by atoms with E-state index in [0.717, 1.165) is 0 Å². The minimum absolute atomic E-state index is 0.158. The van der Waals surface area contributed by atoms with Crippen molar-refractivity contribution in [2.45, 2.75) is 12.8 Å². The van der Waals surface area contributed by atoms with Crippen molar-refractivity contribution in [1.82, 2.24) is 5.43 Å². The van der Waals surface area contributed by atoms with Crippen LogP contribution in [-0.4, -0.2) is 31.9 Å². The summed E-state index contributed by atoms with van der Waals surface area (Å²) in [5.74, 6) is 0.334. The minimum atomic E-state index is -0.334. The van der Waals surface area contributed by atoms with E-state index in [1.807, 2.05) is 0 Å². The molecule has 8 heteroatoms. The van der Waals surface area contributed by atoms with E-state index in [2.05, 4.69) is 10.7 Å². The number of hydrazine groups is 1. The third-order valence-corrected chi connectivity index (χ3v) is 4.10. The summed E-state index contributed by atoms with van der Waals surface area (Å²) in [6, 6.07) is 11.4. The number of hydrogen-bond donors (Lipinski definition) is 2. The van der Waals surface area contributed by atoms with Gasteiger partial charge < -0.3 is 14.8 Å². The second kappa shape index (κ2) is 7.77. The molecule has 1 heterocycles. The van der Waals surface area contributed by atoms with Crippen LogP contribution >= 0.6 is 0 Å². The first kappa shape index (κ1) is 18.2. The lowest BCUT2D eigenvalue weighted by atomic mass is 10.1. The molecule has 27 heavy (non-hydrogen) atoms. The fraction of sp³-hybridized carbons (Fsp3) is 0.211. The highest BCUT2D eigenvalue weighted by Gasteiger charge is 2.24. The van der Waals surface area contributed by atoms with Gasteiger partial charge in [0.2, 0.25) is 11.8 Å². The Morgan fingerprint density at radius 1 is 1.04 bits per heavy atom. The van der Waals surface area contributed by atoms with E-state index in [1.165, 1.54) is 12.1 Å². The van der Waals surface area contributed by atoms with Crippen LogP contribution in [0.15, 0.2) is 42.5 Å². The summed E-state index contributed by atoms with van der Waals surface area (Å²) in [6.07, 6.45) is 0.338. The Balaban J connectivity index is 1.74. The quantitative estimate of drug-likeness (QED) is 0.841. The third kappa shape index (κ3) is 4.00. The van der Waals surface area contributed by atoms with Crippen LogP contribution in [-0.2, 0) is 9.59 Å². The van der Waals surface area contributed by atoms with E-state index in [1.54, 1.807) is 49.6 Å². The topological polar surface area (TPSA) is 97.0 Å². The fourth-order valence-electron chi connectivity index (χ4n) is 2.64. The Hall–Kier alpha value is -3.55. The highest BCUT2D eigenvalue weighted by molar-refractivity contribution is 6.06. The van der Waals surface area contributed by atoms with Crippen LogP contribution in [0.5, 0.6) is 11.5 Å². The van der Waals surface area contributed by atoms with E-state index in [4.69, 9.17) is 9.47 Å². The summed E-state index contributed by atoms with van der Waals surface area (Å²) in [5, 5.41) is 3.97. The average Bonchev–Trinajstić information content (AvgIpc) is 2.70. The Bertz CT molecular complexity index is 879. The van der Waals surface area contributed by atoms with Gasteiger partial charge >= 0.3 is 0 Å². The molecule has 0 unspecified atom stereocenters. The molecule has 1 aliphatic heterocycles. The first-order valence-electron chi connectivity index (χ1n) is 8.27. The molecule has 2 aromatic rings. The molecule has 0 aliphatic carbocycles. The number of nitrogens with zero attached hydrogens (tertiary/aromatic N) is 1. The van der Waals surface area contributed by atoms with Crippen molar-refractivity contribution in [1.29, 1.82) is 0 Å². The zero-order valence-electron chi connectivity index (χ0n) is 14.9. The molecule has 0 aromatic heterocycles. The van der Waals surface area contributed by atoms with Crippen LogP contribution in [0.2, 0.25) is 0 Å². The summed E-state index contributed by atoms with van der Waals surface area (Å²) in [6.45, 7) is 0. The Morgan fingerprint density at radius 3 is 2.44 bits per heavy atom.